The molecule has 2 N–H and O–H groups in total. The van der Waals surface area contributed by atoms with Gasteiger partial charge in [-0.15, -0.1) is 0 Å². The lowest BCUT2D eigenvalue weighted by atomic mass is 10.1. The number of aryl methyl sites for hydroxylation is 2. The fraction of sp³-hybridized carbons (Fsp3) is 0.500. The van der Waals surface area contributed by atoms with Gasteiger partial charge in [-0.3, -0.25) is 4.68 Å². The number of hydrogen-bond donors (Lipinski definition) is 1. The topological polar surface area (TPSA) is 61.7 Å². The first-order chi connectivity index (χ1) is 8.22. The highest BCUT2D eigenvalue weighted by molar-refractivity contribution is 5.09. The van der Waals surface area contributed by atoms with Crippen molar-refractivity contribution in [3.05, 3.63) is 36.2 Å². The molecule has 1 unspecified atom stereocenters. The van der Waals surface area contributed by atoms with Crippen LogP contribution in [-0.4, -0.2) is 19.3 Å². The first-order valence-electron chi connectivity index (χ1n) is 5.96. The van der Waals surface area contributed by atoms with E-state index >= 15 is 0 Å². The van der Waals surface area contributed by atoms with Gasteiger partial charge >= 0.3 is 0 Å². The van der Waals surface area contributed by atoms with Gasteiger partial charge in [0.25, 0.3) is 0 Å². The first-order valence-corrected chi connectivity index (χ1v) is 5.96. The van der Waals surface area contributed by atoms with E-state index in [1.807, 2.05) is 30.2 Å². The third-order valence-corrected chi connectivity index (χ3v) is 2.91. The number of imidazole rings is 1. The molecule has 1 atom stereocenters. The van der Waals surface area contributed by atoms with Crippen LogP contribution in [0.2, 0.25) is 0 Å². The van der Waals surface area contributed by atoms with Crippen molar-refractivity contribution in [2.24, 2.45) is 12.8 Å². The van der Waals surface area contributed by atoms with Crippen molar-refractivity contribution in [2.75, 3.05) is 0 Å². The van der Waals surface area contributed by atoms with Crippen LogP contribution in [0.1, 0.15) is 30.9 Å². The number of nitrogens with two attached hydrogens (primary N) is 1. The van der Waals surface area contributed by atoms with Crippen LogP contribution >= 0.6 is 0 Å². The Bertz CT molecular complexity index is 471. The monoisotopic (exact) mass is 233 g/mol. The summed E-state index contributed by atoms with van der Waals surface area (Å²) < 4.78 is 3.98. The van der Waals surface area contributed by atoms with Gasteiger partial charge in [0, 0.05) is 38.6 Å². The summed E-state index contributed by atoms with van der Waals surface area (Å²) in [6.07, 6.45) is 7.46. The lowest BCUT2D eigenvalue weighted by molar-refractivity contribution is 0.567. The van der Waals surface area contributed by atoms with Gasteiger partial charge in [0.1, 0.15) is 5.82 Å². The van der Waals surface area contributed by atoms with Crippen molar-refractivity contribution in [2.45, 2.75) is 32.4 Å². The predicted octanol–water partition coefficient (Wildman–Crippen LogP) is 1.27. The zero-order valence-electron chi connectivity index (χ0n) is 10.4. The maximum atomic E-state index is 6.18. The zero-order valence-corrected chi connectivity index (χ0v) is 10.4. The van der Waals surface area contributed by atoms with Crippen molar-refractivity contribution in [1.29, 1.82) is 0 Å². The van der Waals surface area contributed by atoms with Crippen LogP contribution < -0.4 is 5.73 Å². The summed E-state index contributed by atoms with van der Waals surface area (Å²) in [7, 11) is 1.91. The quantitative estimate of drug-likeness (QED) is 0.846. The third-order valence-electron chi connectivity index (χ3n) is 2.91. The second-order valence-electron chi connectivity index (χ2n) is 4.23. The van der Waals surface area contributed by atoms with E-state index in [1.54, 1.807) is 6.20 Å². The molecule has 0 fully saturated rings. The van der Waals surface area contributed by atoms with Crippen molar-refractivity contribution in [1.82, 2.24) is 19.3 Å². The molecule has 0 bridgehead atoms. The van der Waals surface area contributed by atoms with Crippen LogP contribution in [0.4, 0.5) is 0 Å². The summed E-state index contributed by atoms with van der Waals surface area (Å²) in [5.41, 5.74) is 7.22. The van der Waals surface area contributed by atoms with E-state index in [4.69, 9.17) is 5.73 Å². The third kappa shape index (κ3) is 2.55. The summed E-state index contributed by atoms with van der Waals surface area (Å²) in [6.45, 7) is 3.15. The highest BCUT2D eigenvalue weighted by atomic mass is 15.3. The summed E-state index contributed by atoms with van der Waals surface area (Å²) in [4.78, 5) is 4.37. The molecule has 0 aliphatic carbocycles. The molecule has 0 saturated heterocycles. The van der Waals surface area contributed by atoms with Crippen LogP contribution in [0.3, 0.4) is 0 Å². The van der Waals surface area contributed by atoms with Gasteiger partial charge in [0.2, 0.25) is 0 Å². The fourth-order valence-electron chi connectivity index (χ4n) is 2.02. The number of rotatable bonds is 5. The van der Waals surface area contributed by atoms with Crippen LogP contribution in [0.25, 0.3) is 0 Å². The largest absolute Gasteiger partial charge is 0.335 e. The van der Waals surface area contributed by atoms with Crippen molar-refractivity contribution in [3.63, 3.8) is 0 Å². The van der Waals surface area contributed by atoms with Crippen molar-refractivity contribution in [3.8, 4) is 0 Å². The molecule has 0 spiro atoms. The lowest BCUT2D eigenvalue weighted by Gasteiger charge is -2.13. The minimum absolute atomic E-state index is 0.0551. The van der Waals surface area contributed by atoms with E-state index in [0.717, 1.165) is 30.9 Å². The minimum atomic E-state index is -0.0551. The molecule has 92 valence electrons. The standard InChI is InChI=1S/C12H19N5/c1-3-7-17-8-6-14-12(17)9-10(13)11-4-5-15-16(11)2/h4-6,8,10H,3,7,9,13H2,1-2H3. The Morgan fingerprint density at radius 2 is 2.24 bits per heavy atom. The zero-order chi connectivity index (χ0) is 12.3. The summed E-state index contributed by atoms with van der Waals surface area (Å²) in [5, 5.41) is 4.14. The average Bonchev–Trinajstić information content (AvgIpc) is 2.89. The Hall–Kier alpha value is -1.62. The Balaban J connectivity index is 2.10. The summed E-state index contributed by atoms with van der Waals surface area (Å²) >= 11 is 0. The van der Waals surface area contributed by atoms with Crippen LogP contribution in [0.15, 0.2) is 24.7 Å². The Morgan fingerprint density at radius 1 is 1.41 bits per heavy atom. The predicted molar refractivity (Wildman–Crippen MR) is 66.4 cm³/mol. The molecule has 0 aliphatic heterocycles. The smallest absolute Gasteiger partial charge is 0.110 e. The van der Waals surface area contributed by atoms with E-state index in [-0.39, 0.29) is 6.04 Å². The van der Waals surface area contributed by atoms with E-state index < -0.39 is 0 Å². The first kappa shape index (κ1) is 11.9. The molecule has 2 rings (SSSR count). The maximum absolute atomic E-state index is 6.18. The molecular weight excluding hydrogens is 214 g/mol. The van der Waals surface area contributed by atoms with Crippen LogP contribution in [-0.2, 0) is 20.0 Å². The lowest BCUT2D eigenvalue weighted by Crippen LogP contribution is -2.19. The minimum Gasteiger partial charge on any atom is -0.335 e. The number of nitrogens with zero attached hydrogens (tertiary/aromatic N) is 4. The van der Waals surface area contributed by atoms with Gasteiger partial charge in [-0.25, -0.2) is 4.98 Å². The molecule has 17 heavy (non-hydrogen) atoms. The molecule has 0 amide bonds. The van der Waals surface area contributed by atoms with Gasteiger partial charge in [-0.2, -0.15) is 5.10 Å². The molecule has 0 aliphatic rings. The highest BCUT2D eigenvalue weighted by Gasteiger charge is 2.13. The van der Waals surface area contributed by atoms with Gasteiger partial charge < -0.3 is 10.3 Å². The van der Waals surface area contributed by atoms with Crippen LogP contribution in [0.5, 0.6) is 0 Å². The molecule has 2 heterocycles. The summed E-state index contributed by atoms with van der Waals surface area (Å²) in [5.74, 6) is 1.04. The molecule has 0 aromatic carbocycles. The summed E-state index contributed by atoms with van der Waals surface area (Å²) in [6, 6.07) is 1.90. The molecule has 0 radical (unpaired) electrons. The van der Waals surface area contributed by atoms with Crippen LogP contribution in [0, 0.1) is 0 Å². The molecular formula is C12H19N5. The van der Waals surface area contributed by atoms with Crippen molar-refractivity contribution < 1.29 is 0 Å². The van der Waals surface area contributed by atoms with Gasteiger partial charge in [-0.05, 0) is 12.5 Å². The van der Waals surface area contributed by atoms with E-state index in [1.165, 1.54) is 0 Å². The number of hydrogen-bond acceptors (Lipinski definition) is 3. The SMILES string of the molecule is CCCn1ccnc1CC(N)c1ccnn1C. The van der Waals surface area contributed by atoms with Crippen molar-refractivity contribution >= 4 is 0 Å². The number of aromatic nitrogens is 4. The second-order valence-corrected chi connectivity index (χ2v) is 4.23. The molecule has 0 saturated carbocycles. The van der Waals surface area contributed by atoms with E-state index in [2.05, 4.69) is 21.6 Å². The van der Waals surface area contributed by atoms with E-state index in [9.17, 15) is 0 Å². The Kier molecular flexibility index (Phi) is 3.58. The molecule has 2 aromatic heterocycles. The van der Waals surface area contributed by atoms with Gasteiger partial charge in [-0.1, -0.05) is 6.92 Å². The Morgan fingerprint density at radius 3 is 2.88 bits per heavy atom. The van der Waals surface area contributed by atoms with Gasteiger partial charge in [0.15, 0.2) is 0 Å². The average molecular weight is 233 g/mol. The normalized spacial score (nSPS) is 12.9. The Labute approximate surface area is 101 Å². The van der Waals surface area contributed by atoms with E-state index in [0.29, 0.717) is 0 Å². The second kappa shape index (κ2) is 5.14. The highest BCUT2D eigenvalue weighted by Crippen LogP contribution is 2.14. The maximum Gasteiger partial charge on any atom is 0.110 e. The molecule has 2 aromatic rings. The molecule has 5 nitrogen and oxygen atoms in total. The fourth-order valence-corrected chi connectivity index (χ4v) is 2.02. The molecule has 5 heteroatoms. The van der Waals surface area contributed by atoms with Gasteiger partial charge in [0.05, 0.1) is 11.7 Å².